The van der Waals surface area contributed by atoms with E-state index in [0.717, 1.165) is 4.31 Å². The summed E-state index contributed by atoms with van der Waals surface area (Å²) < 4.78 is 61.3. The van der Waals surface area contributed by atoms with Crippen molar-refractivity contribution in [2.24, 2.45) is 0 Å². The molecule has 2 amide bonds. The summed E-state index contributed by atoms with van der Waals surface area (Å²) in [5.41, 5.74) is 1.30. The van der Waals surface area contributed by atoms with Gasteiger partial charge in [0.2, 0.25) is 11.8 Å². The maximum Gasteiger partial charge on any atom is 0.264 e. The minimum absolute atomic E-state index is 0.0190. The summed E-state index contributed by atoms with van der Waals surface area (Å²) in [6, 6.07) is 25.6. The van der Waals surface area contributed by atoms with Crippen LogP contribution in [0.5, 0.6) is 5.75 Å². The topological polar surface area (TPSA) is 151 Å². The van der Waals surface area contributed by atoms with E-state index in [0.29, 0.717) is 17.1 Å². The van der Waals surface area contributed by atoms with Gasteiger partial charge in [0.25, 0.3) is 20.0 Å². The summed E-state index contributed by atoms with van der Waals surface area (Å²) in [7, 11) is -6.62. The number of amides is 2. The van der Waals surface area contributed by atoms with Crippen LogP contribution in [0.15, 0.2) is 113 Å². The van der Waals surface area contributed by atoms with Crippen LogP contribution in [-0.4, -0.2) is 42.3 Å². The van der Waals surface area contributed by atoms with Crippen molar-refractivity contribution in [2.45, 2.75) is 16.7 Å². The highest BCUT2D eigenvalue weighted by Gasteiger charge is 2.27. The Hall–Kier alpha value is -4.88. The molecular formula is C29H28N4O7S2. The van der Waals surface area contributed by atoms with Crippen molar-refractivity contribution >= 4 is 54.6 Å². The number of rotatable bonds is 11. The lowest BCUT2D eigenvalue weighted by molar-refractivity contribution is -0.115. The second-order valence-corrected chi connectivity index (χ2v) is 12.5. The first-order valence-corrected chi connectivity index (χ1v) is 15.4. The number of carbonyl (C=O) groups excluding carboxylic acids is 2. The van der Waals surface area contributed by atoms with Gasteiger partial charge in [-0.05, 0) is 84.9 Å². The van der Waals surface area contributed by atoms with Gasteiger partial charge in [-0.25, -0.2) is 16.8 Å². The molecule has 0 bridgehead atoms. The fourth-order valence-corrected chi connectivity index (χ4v) is 6.35. The van der Waals surface area contributed by atoms with Crippen LogP contribution in [-0.2, 0) is 29.6 Å². The Kier molecular flexibility index (Phi) is 9.13. The molecule has 0 saturated carbocycles. The molecule has 0 aliphatic carbocycles. The van der Waals surface area contributed by atoms with Crippen molar-refractivity contribution in [3.8, 4) is 5.75 Å². The van der Waals surface area contributed by atoms with E-state index in [1.165, 1.54) is 74.7 Å². The number of sulfonamides is 2. The van der Waals surface area contributed by atoms with Crippen LogP contribution in [0.25, 0.3) is 0 Å². The fraction of sp³-hybridized carbons (Fsp3) is 0.103. The van der Waals surface area contributed by atoms with Gasteiger partial charge < -0.3 is 15.4 Å². The first-order valence-electron chi connectivity index (χ1n) is 12.5. The Morgan fingerprint density at radius 3 is 1.79 bits per heavy atom. The largest absolute Gasteiger partial charge is 0.497 e. The monoisotopic (exact) mass is 608 g/mol. The molecule has 0 saturated heterocycles. The second-order valence-electron chi connectivity index (χ2n) is 8.96. The third-order valence-corrected chi connectivity index (χ3v) is 9.07. The molecule has 42 heavy (non-hydrogen) atoms. The van der Waals surface area contributed by atoms with Gasteiger partial charge >= 0.3 is 0 Å². The van der Waals surface area contributed by atoms with Crippen molar-refractivity contribution < 1.29 is 31.2 Å². The zero-order valence-electron chi connectivity index (χ0n) is 22.6. The normalized spacial score (nSPS) is 11.3. The minimum Gasteiger partial charge on any atom is -0.497 e. The molecule has 4 aromatic carbocycles. The van der Waals surface area contributed by atoms with Crippen LogP contribution >= 0.6 is 0 Å². The highest BCUT2D eigenvalue weighted by atomic mass is 32.2. The van der Waals surface area contributed by atoms with Gasteiger partial charge in [-0.3, -0.25) is 18.6 Å². The molecule has 218 valence electrons. The van der Waals surface area contributed by atoms with Crippen molar-refractivity contribution in [3.63, 3.8) is 0 Å². The molecule has 0 radical (unpaired) electrons. The SMILES string of the molecule is COc1ccc(N(CC(=O)Nc2ccc(S(=O)(=O)Nc3ccccc3)cc2)S(=O)(=O)c2ccc(NC(C)=O)cc2)cc1. The maximum absolute atomic E-state index is 13.7. The molecule has 0 atom stereocenters. The smallest absolute Gasteiger partial charge is 0.264 e. The lowest BCUT2D eigenvalue weighted by Crippen LogP contribution is -2.38. The first-order chi connectivity index (χ1) is 20.0. The molecule has 13 heteroatoms. The Bertz CT molecular complexity index is 1760. The van der Waals surface area contributed by atoms with E-state index in [9.17, 15) is 26.4 Å². The van der Waals surface area contributed by atoms with Gasteiger partial charge in [0.1, 0.15) is 12.3 Å². The Labute approximate surface area is 244 Å². The van der Waals surface area contributed by atoms with Crippen molar-refractivity contribution in [3.05, 3.63) is 103 Å². The zero-order chi connectivity index (χ0) is 30.3. The molecule has 11 nitrogen and oxygen atoms in total. The van der Waals surface area contributed by atoms with Gasteiger partial charge in [-0.1, -0.05) is 18.2 Å². The summed E-state index contributed by atoms with van der Waals surface area (Å²) in [5.74, 6) is -0.473. The number of nitrogens with zero attached hydrogens (tertiary/aromatic N) is 1. The zero-order valence-corrected chi connectivity index (χ0v) is 24.3. The van der Waals surface area contributed by atoms with Crippen LogP contribution in [0.4, 0.5) is 22.7 Å². The minimum atomic E-state index is -4.23. The molecule has 0 spiro atoms. The molecule has 4 rings (SSSR count). The predicted octanol–water partition coefficient (Wildman–Crippen LogP) is 4.29. The van der Waals surface area contributed by atoms with Crippen LogP contribution in [0.1, 0.15) is 6.92 Å². The van der Waals surface area contributed by atoms with E-state index in [1.807, 2.05) is 0 Å². The number of methoxy groups -OCH3 is 1. The molecular weight excluding hydrogens is 580 g/mol. The number of hydrogen-bond acceptors (Lipinski definition) is 7. The molecule has 4 aromatic rings. The summed E-state index contributed by atoms with van der Waals surface area (Å²) >= 11 is 0. The van der Waals surface area contributed by atoms with E-state index in [2.05, 4.69) is 15.4 Å². The van der Waals surface area contributed by atoms with Crippen molar-refractivity contribution in [1.82, 2.24) is 0 Å². The lowest BCUT2D eigenvalue weighted by atomic mass is 10.3. The molecule has 0 fully saturated rings. The molecule has 0 heterocycles. The Balaban J connectivity index is 1.54. The number of carbonyl (C=O) groups is 2. The highest BCUT2D eigenvalue weighted by Crippen LogP contribution is 2.27. The number of hydrogen-bond donors (Lipinski definition) is 3. The molecule has 0 aliphatic rings. The third-order valence-electron chi connectivity index (χ3n) is 5.88. The number of nitrogens with one attached hydrogen (secondary N) is 3. The van der Waals surface area contributed by atoms with Gasteiger partial charge in [0, 0.05) is 24.0 Å². The van der Waals surface area contributed by atoms with Gasteiger partial charge in [0.15, 0.2) is 0 Å². The molecule has 0 unspecified atom stereocenters. The standard InChI is InChI=1S/C29H28N4O7S2/c1-21(34)30-22-10-18-28(19-11-22)42(38,39)33(25-12-14-26(40-2)15-13-25)20-29(35)31-23-8-16-27(17-9-23)41(36,37)32-24-6-4-3-5-7-24/h3-19,32H,20H2,1-2H3,(H,30,34)(H,31,35). The second kappa shape index (κ2) is 12.7. The number of ether oxygens (including phenoxy) is 1. The summed E-state index contributed by atoms with van der Waals surface area (Å²) in [6.45, 7) is 0.750. The summed E-state index contributed by atoms with van der Waals surface area (Å²) in [5, 5.41) is 5.19. The first kappa shape index (κ1) is 30.1. The van der Waals surface area contributed by atoms with E-state index in [4.69, 9.17) is 4.74 Å². The van der Waals surface area contributed by atoms with Crippen LogP contribution < -0.4 is 24.4 Å². The van der Waals surface area contributed by atoms with Crippen LogP contribution in [0.3, 0.4) is 0 Å². The van der Waals surface area contributed by atoms with Crippen LogP contribution in [0.2, 0.25) is 0 Å². The average molecular weight is 609 g/mol. The molecule has 0 aromatic heterocycles. The third kappa shape index (κ3) is 7.44. The summed E-state index contributed by atoms with van der Waals surface area (Å²) in [6.07, 6.45) is 0. The Morgan fingerprint density at radius 2 is 1.24 bits per heavy atom. The highest BCUT2D eigenvalue weighted by molar-refractivity contribution is 7.93. The van der Waals surface area contributed by atoms with Crippen LogP contribution in [0, 0.1) is 0 Å². The van der Waals surface area contributed by atoms with Gasteiger partial charge in [-0.15, -0.1) is 0 Å². The van der Waals surface area contributed by atoms with Crippen molar-refractivity contribution in [1.29, 1.82) is 0 Å². The van der Waals surface area contributed by atoms with Crippen molar-refractivity contribution in [2.75, 3.05) is 33.3 Å². The predicted molar refractivity (Wildman–Crippen MR) is 161 cm³/mol. The summed E-state index contributed by atoms with van der Waals surface area (Å²) in [4.78, 5) is 24.3. The molecule has 3 N–H and O–H groups in total. The molecule has 0 aliphatic heterocycles. The number of benzene rings is 4. The number of para-hydroxylation sites is 1. The average Bonchev–Trinajstić information content (AvgIpc) is 2.96. The van der Waals surface area contributed by atoms with E-state index >= 15 is 0 Å². The van der Waals surface area contributed by atoms with E-state index < -0.39 is 32.5 Å². The van der Waals surface area contributed by atoms with Gasteiger partial charge in [0.05, 0.1) is 22.6 Å². The quantitative estimate of drug-likeness (QED) is 0.230. The lowest BCUT2D eigenvalue weighted by Gasteiger charge is -2.24. The Morgan fingerprint density at radius 1 is 0.690 bits per heavy atom. The van der Waals surface area contributed by atoms with E-state index in [1.54, 1.807) is 42.5 Å². The van der Waals surface area contributed by atoms with Gasteiger partial charge in [-0.2, -0.15) is 0 Å². The van der Waals surface area contributed by atoms with E-state index in [-0.39, 0.29) is 27.1 Å². The fourth-order valence-electron chi connectivity index (χ4n) is 3.87. The number of anilines is 4. The maximum atomic E-state index is 13.7.